The van der Waals surface area contributed by atoms with E-state index in [0.717, 1.165) is 5.56 Å². The van der Waals surface area contributed by atoms with Crippen LogP contribution in [0.15, 0.2) is 36.9 Å². The first-order chi connectivity index (χ1) is 12.6. The highest BCUT2D eigenvalue weighted by molar-refractivity contribution is 5.97. The van der Waals surface area contributed by atoms with Crippen molar-refractivity contribution in [2.45, 2.75) is 26.2 Å². The highest BCUT2D eigenvalue weighted by Crippen LogP contribution is 2.22. The maximum atomic E-state index is 12.0. The van der Waals surface area contributed by atoms with Crippen LogP contribution in [-0.2, 0) is 19.7 Å². The lowest BCUT2D eigenvalue weighted by molar-refractivity contribution is -0.147. The number of ether oxygens (including phenoxy) is 1. The minimum absolute atomic E-state index is 0.0258. The van der Waals surface area contributed by atoms with E-state index in [2.05, 4.69) is 38.0 Å². The second kappa shape index (κ2) is 10.1. The highest BCUT2D eigenvalue weighted by atomic mass is 16.5. The van der Waals surface area contributed by atoms with Crippen molar-refractivity contribution >= 4 is 23.8 Å². The van der Waals surface area contributed by atoms with Gasteiger partial charge in [-0.25, -0.2) is 4.79 Å². The van der Waals surface area contributed by atoms with Gasteiger partial charge in [0.1, 0.15) is 6.54 Å². The van der Waals surface area contributed by atoms with Gasteiger partial charge < -0.3 is 15.4 Å². The second-order valence-electron chi connectivity index (χ2n) is 6.72. The molecule has 8 nitrogen and oxygen atoms in total. The van der Waals surface area contributed by atoms with Crippen molar-refractivity contribution in [3.63, 3.8) is 0 Å². The standard InChI is InChI=1S/C19H25N3O5/c1-5-10-20-18(26)22-15(23)12-27-16(24)11-21-17(25)13-6-8-14(9-7-13)19(2,3)4/h5-9H,1,10-12H2,2-4H3,(H,21,25)(H2,20,22,23,26). The number of rotatable bonds is 7. The van der Waals surface area contributed by atoms with E-state index >= 15 is 0 Å². The van der Waals surface area contributed by atoms with Crippen molar-refractivity contribution in [1.29, 1.82) is 0 Å². The van der Waals surface area contributed by atoms with E-state index in [1.165, 1.54) is 6.08 Å². The molecule has 0 spiro atoms. The van der Waals surface area contributed by atoms with E-state index in [1.807, 2.05) is 17.4 Å². The molecule has 0 bridgehead atoms. The van der Waals surface area contributed by atoms with E-state index in [0.29, 0.717) is 5.56 Å². The Labute approximate surface area is 158 Å². The Balaban J connectivity index is 2.37. The van der Waals surface area contributed by atoms with Gasteiger partial charge in [-0.2, -0.15) is 0 Å². The van der Waals surface area contributed by atoms with Gasteiger partial charge in [-0.15, -0.1) is 6.58 Å². The van der Waals surface area contributed by atoms with Crippen molar-refractivity contribution in [2.24, 2.45) is 0 Å². The summed E-state index contributed by atoms with van der Waals surface area (Å²) in [6.07, 6.45) is 1.45. The monoisotopic (exact) mass is 375 g/mol. The van der Waals surface area contributed by atoms with Crippen molar-refractivity contribution in [1.82, 2.24) is 16.0 Å². The summed E-state index contributed by atoms with van der Waals surface area (Å²) in [5.41, 5.74) is 1.47. The van der Waals surface area contributed by atoms with Crippen molar-refractivity contribution in [3.8, 4) is 0 Å². The number of esters is 1. The van der Waals surface area contributed by atoms with Gasteiger partial charge in [0, 0.05) is 12.1 Å². The Morgan fingerprint density at radius 3 is 2.26 bits per heavy atom. The zero-order valence-corrected chi connectivity index (χ0v) is 15.8. The summed E-state index contributed by atoms with van der Waals surface area (Å²) in [5.74, 6) is -2.01. The molecule has 3 N–H and O–H groups in total. The quantitative estimate of drug-likeness (QED) is 0.491. The molecule has 0 aliphatic carbocycles. The van der Waals surface area contributed by atoms with Crippen molar-refractivity contribution < 1.29 is 23.9 Å². The van der Waals surface area contributed by atoms with Gasteiger partial charge in [-0.05, 0) is 23.1 Å². The summed E-state index contributed by atoms with van der Waals surface area (Å²) in [7, 11) is 0. The van der Waals surface area contributed by atoms with Crippen LogP contribution in [0.5, 0.6) is 0 Å². The van der Waals surface area contributed by atoms with Crippen LogP contribution < -0.4 is 16.0 Å². The normalized spacial score (nSPS) is 10.5. The van der Waals surface area contributed by atoms with Gasteiger partial charge in [0.25, 0.3) is 11.8 Å². The molecule has 0 atom stereocenters. The third kappa shape index (κ3) is 8.17. The largest absolute Gasteiger partial charge is 0.454 e. The Hall–Kier alpha value is -3.16. The summed E-state index contributed by atoms with van der Waals surface area (Å²) < 4.78 is 4.69. The fourth-order valence-corrected chi connectivity index (χ4v) is 1.94. The van der Waals surface area contributed by atoms with Crippen LogP contribution in [0.25, 0.3) is 0 Å². The predicted octanol–water partition coefficient (Wildman–Crippen LogP) is 1.27. The SMILES string of the molecule is C=CCNC(=O)NC(=O)COC(=O)CNC(=O)c1ccc(C(C)(C)C)cc1. The summed E-state index contributed by atoms with van der Waals surface area (Å²) in [5, 5.41) is 6.73. The smallest absolute Gasteiger partial charge is 0.325 e. The lowest BCUT2D eigenvalue weighted by Crippen LogP contribution is -2.42. The van der Waals surface area contributed by atoms with Gasteiger partial charge >= 0.3 is 12.0 Å². The molecular formula is C19H25N3O5. The Kier molecular flexibility index (Phi) is 8.19. The molecule has 146 valence electrons. The Morgan fingerprint density at radius 1 is 1.07 bits per heavy atom. The van der Waals surface area contributed by atoms with Gasteiger partial charge in [0.05, 0.1) is 0 Å². The molecule has 0 radical (unpaired) electrons. The minimum atomic E-state index is -0.795. The number of nitrogens with one attached hydrogen (secondary N) is 3. The van der Waals surface area contributed by atoms with E-state index in [4.69, 9.17) is 4.74 Å². The van der Waals surface area contributed by atoms with E-state index in [-0.39, 0.29) is 12.0 Å². The predicted molar refractivity (Wildman–Crippen MR) is 100 cm³/mol. The van der Waals surface area contributed by atoms with E-state index in [9.17, 15) is 19.2 Å². The zero-order valence-electron chi connectivity index (χ0n) is 15.8. The summed E-state index contributed by atoms with van der Waals surface area (Å²) in [4.78, 5) is 46.3. The molecule has 1 aromatic rings. The first kappa shape index (κ1) is 21.9. The maximum Gasteiger partial charge on any atom is 0.325 e. The molecule has 0 aromatic heterocycles. The molecule has 0 unspecified atom stereocenters. The number of benzene rings is 1. The molecular weight excluding hydrogens is 350 g/mol. The van der Waals surface area contributed by atoms with Crippen LogP contribution in [0.2, 0.25) is 0 Å². The maximum absolute atomic E-state index is 12.0. The minimum Gasteiger partial charge on any atom is -0.454 e. The number of urea groups is 1. The number of imide groups is 1. The van der Waals surface area contributed by atoms with Crippen LogP contribution in [0.3, 0.4) is 0 Å². The van der Waals surface area contributed by atoms with Gasteiger partial charge in [-0.1, -0.05) is 39.0 Å². The first-order valence-corrected chi connectivity index (χ1v) is 8.36. The average Bonchev–Trinajstić information content (AvgIpc) is 2.62. The lowest BCUT2D eigenvalue weighted by Gasteiger charge is -2.19. The molecule has 4 amide bonds. The van der Waals surface area contributed by atoms with Crippen LogP contribution in [0.4, 0.5) is 4.79 Å². The topological polar surface area (TPSA) is 114 Å². The number of carbonyl (C=O) groups is 4. The van der Waals surface area contributed by atoms with Crippen molar-refractivity contribution in [3.05, 3.63) is 48.0 Å². The molecule has 0 aliphatic rings. The molecule has 0 saturated heterocycles. The fourth-order valence-electron chi connectivity index (χ4n) is 1.94. The van der Waals surface area contributed by atoms with Gasteiger partial charge in [0.15, 0.2) is 6.61 Å². The molecule has 1 rings (SSSR count). The third-order valence-corrected chi connectivity index (χ3v) is 3.43. The van der Waals surface area contributed by atoms with E-state index in [1.54, 1.807) is 12.1 Å². The molecule has 8 heteroatoms. The van der Waals surface area contributed by atoms with Crippen LogP contribution in [-0.4, -0.2) is 43.5 Å². The summed E-state index contributed by atoms with van der Waals surface area (Å²) >= 11 is 0. The number of hydrogen-bond acceptors (Lipinski definition) is 5. The fraction of sp³-hybridized carbons (Fsp3) is 0.368. The van der Waals surface area contributed by atoms with E-state index < -0.39 is 37.0 Å². The Bertz CT molecular complexity index is 705. The molecule has 0 saturated carbocycles. The number of amides is 4. The van der Waals surface area contributed by atoms with Crippen molar-refractivity contribution in [2.75, 3.05) is 19.7 Å². The highest BCUT2D eigenvalue weighted by Gasteiger charge is 2.15. The number of hydrogen-bond donors (Lipinski definition) is 3. The zero-order chi connectivity index (χ0) is 20.4. The van der Waals surface area contributed by atoms with Crippen LogP contribution in [0.1, 0.15) is 36.7 Å². The van der Waals surface area contributed by atoms with Gasteiger partial charge in [-0.3, -0.25) is 19.7 Å². The Morgan fingerprint density at radius 2 is 1.70 bits per heavy atom. The van der Waals surface area contributed by atoms with Gasteiger partial charge in [0.2, 0.25) is 0 Å². The average molecular weight is 375 g/mol. The molecule has 1 aromatic carbocycles. The van der Waals surface area contributed by atoms with Crippen LogP contribution >= 0.6 is 0 Å². The summed E-state index contributed by atoms with van der Waals surface area (Å²) in [6, 6.07) is 6.35. The first-order valence-electron chi connectivity index (χ1n) is 8.36. The molecule has 0 aliphatic heterocycles. The third-order valence-electron chi connectivity index (χ3n) is 3.43. The summed E-state index contributed by atoms with van der Waals surface area (Å²) in [6.45, 7) is 8.79. The lowest BCUT2D eigenvalue weighted by atomic mass is 9.87. The van der Waals surface area contributed by atoms with Crippen LogP contribution in [0, 0.1) is 0 Å². The number of carbonyl (C=O) groups excluding carboxylic acids is 4. The second-order valence-corrected chi connectivity index (χ2v) is 6.72. The molecule has 27 heavy (non-hydrogen) atoms. The molecule has 0 heterocycles. The molecule has 0 fully saturated rings.